The molecule has 1 aromatic heterocycles. The average Bonchev–Trinajstić information content (AvgIpc) is 3.17. The molecule has 0 saturated heterocycles. The average molecular weight is 402 g/mol. The summed E-state index contributed by atoms with van der Waals surface area (Å²) in [6.45, 7) is 4.18. The lowest BCUT2D eigenvalue weighted by molar-refractivity contribution is 0.0520. The molecule has 0 atom stereocenters. The molecule has 0 amide bonds. The number of rotatable bonds is 7. The summed E-state index contributed by atoms with van der Waals surface area (Å²) < 4.78 is 16.3. The van der Waals surface area contributed by atoms with Gasteiger partial charge in [0.15, 0.2) is 5.69 Å². The topological polar surface area (TPSA) is 86.3 Å². The molecule has 0 fully saturated rings. The van der Waals surface area contributed by atoms with E-state index < -0.39 is 5.97 Å². The highest BCUT2D eigenvalue weighted by Gasteiger charge is 2.20. The van der Waals surface area contributed by atoms with Gasteiger partial charge in [0.2, 0.25) is 0 Å². The summed E-state index contributed by atoms with van der Waals surface area (Å²) in [5.74, 6) is 0.688. The number of hydrogen-bond donors (Lipinski definition) is 1. The number of aromatic nitrogens is 3. The largest absolute Gasteiger partial charge is 0.496 e. The van der Waals surface area contributed by atoms with Gasteiger partial charge in [0.25, 0.3) is 0 Å². The van der Waals surface area contributed by atoms with Crippen molar-refractivity contribution in [2.75, 3.05) is 13.7 Å². The second kappa shape index (κ2) is 8.75. The number of nitrogens with zero attached hydrogens (tertiary/aromatic N) is 2. The zero-order chi connectivity index (χ0) is 20.1. The second-order valence-electron chi connectivity index (χ2n) is 5.99. The number of aromatic amines is 1. The number of aryl methyl sites for hydroxylation is 1. The lowest BCUT2D eigenvalue weighted by Gasteiger charge is -2.13. The molecule has 0 spiro atoms. The smallest absolute Gasteiger partial charge is 0.361 e. The molecule has 0 bridgehead atoms. The summed E-state index contributed by atoms with van der Waals surface area (Å²) in [6.07, 6.45) is 0. The fourth-order valence-corrected chi connectivity index (χ4v) is 2.98. The molecule has 0 aliphatic heterocycles. The van der Waals surface area contributed by atoms with Crippen LogP contribution < -0.4 is 9.47 Å². The molecule has 7 nitrogen and oxygen atoms in total. The van der Waals surface area contributed by atoms with Crippen LogP contribution in [0, 0.1) is 6.92 Å². The SMILES string of the molecule is CCOC(=O)c1n[nH]nc1-c1ccc(OC)c(COc2ccc(C)cc2Cl)c1. The number of carbonyl (C=O) groups excluding carboxylic acids is 1. The van der Waals surface area contributed by atoms with Crippen LogP contribution in [0.1, 0.15) is 28.5 Å². The van der Waals surface area contributed by atoms with E-state index >= 15 is 0 Å². The highest BCUT2D eigenvalue weighted by atomic mass is 35.5. The predicted molar refractivity (Wildman–Crippen MR) is 105 cm³/mol. The van der Waals surface area contributed by atoms with Crippen molar-refractivity contribution >= 4 is 17.6 Å². The third kappa shape index (κ3) is 4.26. The molecule has 28 heavy (non-hydrogen) atoms. The first-order valence-electron chi connectivity index (χ1n) is 8.67. The highest BCUT2D eigenvalue weighted by Crippen LogP contribution is 2.30. The van der Waals surface area contributed by atoms with E-state index in [1.54, 1.807) is 26.2 Å². The number of carbonyl (C=O) groups is 1. The number of nitrogens with one attached hydrogen (secondary N) is 1. The Morgan fingerprint density at radius 1 is 1.14 bits per heavy atom. The standard InChI is InChI=1S/C20H20ClN3O4/c1-4-27-20(25)19-18(22-24-23-19)13-6-8-16(26-3)14(10-13)11-28-17-7-5-12(2)9-15(17)21/h5-10H,4,11H2,1-3H3,(H,22,23,24). The van der Waals surface area contributed by atoms with Crippen molar-refractivity contribution < 1.29 is 19.0 Å². The number of methoxy groups -OCH3 is 1. The van der Waals surface area contributed by atoms with E-state index in [9.17, 15) is 4.79 Å². The first-order valence-corrected chi connectivity index (χ1v) is 9.05. The molecule has 0 unspecified atom stereocenters. The summed E-state index contributed by atoms with van der Waals surface area (Å²) in [6, 6.07) is 11.0. The van der Waals surface area contributed by atoms with Crippen molar-refractivity contribution in [1.82, 2.24) is 15.4 Å². The zero-order valence-corrected chi connectivity index (χ0v) is 16.5. The summed E-state index contributed by atoms with van der Waals surface area (Å²) in [4.78, 5) is 12.1. The third-order valence-corrected chi connectivity index (χ3v) is 4.34. The minimum Gasteiger partial charge on any atom is -0.496 e. The first-order chi connectivity index (χ1) is 13.5. The van der Waals surface area contributed by atoms with Crippen LogP contribution in [0.15, 0.2) is 36.4 Å². The van der Waals surface area contributed by atoms with E-state index in [2.05, 4.69) is 15.4 Å². The van der Waals surface area contributed by atoms with Crippen molar-refractivity contribution in [3.05, 3.63) is 58.2 Å². The quantitative estimate of drug-likeness (QED) is 0.597. The Balaban J connectivity index is 1.89. The molecule has 0 radical (unpaired) electrons. The van der Waals surface area contributed by atoms with Crippen LogP contribution in [0.2, 0.25) is 5.02 Å². The second-order valence-corrected chi connectivity index (χ2v) is 6.40. The minimum absolute atomic E-state index is 0.125. The van der Waals surface area contributed by atoms with Gasteiger partial charge in [-0.3, -0.25) is 0 Å². The normalized spacial score (nSPS) is 10.6. The van der Waals surface area contributed by atoms with Gasteiger partial charge in [0, 0.05) is 11.1 Å². The van der Waals surface area contributed by atoms with Crippen LogP contribution in [0.5, 0.6) is 11.5 Å². The number of halogens is 1. The summed E-state index contributed by atoms with van der Waals surface area (Å²) in [7, 11) is 1.58. The molecule has 1 heterocycles. The fraction of sp³-hybridized carbons (Fsp3) is 0.250. The Morgan fingerprint density at radius 3 is 2.64 bits per heavy atom. The molecule has 8 heteroatoms. The third-order valence-electron chi connectivity index (χ3n) is 4.04. The van der Waals surface area contributed by atoms with Gasteiger partial charge in [-0.15, -0.1) is 5.10 Å². The fourth-order valence-electron chi connectivity index (χ4n) is 2.69. The van der Waals surface area contributed by atoms with E-state index in [1.807, 2.05) is 31.2 Å². The van der Waals surface area contributed by atoms with Gasteiger partial charge in [-0.05, 0) is 49.7 Å². The minimum atomic E-state index is -0.536. The molecule has 3 rings (SSSR count). The number of hydrogen-bond acceptors (Lipinski definition) is 6. The molecule has 0 saturated carbocycles. The maximum absolute atomic E-state index is 12.1. The molecule has 2 aromatic carbocycles. The Hall–Kier alpha value is -3.06. The van der Waals surface area contributed by atoms with Gasteiger partial charge in [0.1, 0.15) is 23.8 Å². The molecule has 1 N–H and O–H groups in total. The van der Waals surface area contributed by atoms with Crippen molar-refractivity contribution in [1.29, 1.82) is 0 Å². The van der Waals surface area contributed by atoms with Crippen LogP contribution in [0.3, 0.4) is 0 Å². The molecule has 0 aliphatic rings. The maximum Gasteiger partial charge on any atom is 0.361 e. The Morgan fingerprint density at radius 2 is 1.93 bits per heavy atom. The monoisotopic (exact) mass is 401 g/mol. The lowest BCUT2D eigenvalue weighted by Crippen LogP contribution is -2.07. The number of esters is 1. The van der Waals surface area contributed by atoms with Gasteiger partial charge >= 0.3 is 5.97 Å². The van der Waals surface area contributed by atoms with Gasteiger partial charge in [0.05, 0.1) is 18.7 Å². The highest BCUT2D eigenvalue weighted by molar-refractivity contribution is 6.32. The molecular formula is C20H20ClN3O4. The summed E-state index contributed by atoms with van der Waals surface area (Å²) >= 11 is 6.24. The Labute approximate surface area is 167 Å². The lowest BCUT2D eigenvalue weighted by atomic mass is 10.1. The zero-order valence-electron chi connectivity index (χ0n) is 15.8. The van der Waals surface area contributed by atoms with Crippen LogP contribution in [-0.4, -0.2) is 35.1 Å². The molecule has 3 aromatic rings. The van der Waals surface area contributed by atoms with Crippen LogP contribution in [0.4, 0.5) is 0 Å². The van der Waals surface area contributed by atoms with Gasteiger partial charge in [-0.25, -0.2) is 4.79 Å². The Kier molecular flexibility index (Phi) is 6.16. The van der Waals surface area contributed by atoms with Crippen LogP contribution in [0.25, 0.3) is 11.3 Å². The number of ether oxygens (including phenoxy) is 3. The van der Waals surface area contributed by atoms with E-state index in [-0.39, 0.29) is 18.9 Å². The predicted octanol–water partition coefficient (Wildman–Crippen LogP) is 4.20. The van der Waals surface area contributed by atoms with E-state index in [0.29, 0.717) is 27.8 Å². The van der Waals surface area contributed by atoms with Crippen molar-refractivity contribution in [3.8, 4) is 22.8 Å². The van der Waals surface area contributed by atoms with Crippen molar-refractivity contribution in [2.24, 2.45) is 0 Å². The summed E-state index contributed by atoms with van der Waals surface area (Å²) in [5, 5.41) is 11.0. The first kappa shape index (κ1) is 19.7. The molecule has 146 valence electrons. The van der Waals surface area contributed by atoms with E-state index in [4.69, 9.17) is 25.8 Å². The van der Waals surface area contributed by atoms with Gasteiger partial charge in [-0.1, -0.05) is 17.7 Å². The van der Waals surface area contributed by atoms with Gasteiger partial charge < -0.3 is 14.2 Å². The summed E-state index contributed by atoms with van der Waals surface area (Å²) in [5.41, 5.74) is 3.03. The number of benzene rings is 2. The van der Waals surface area contributed by atoms with Crippen LogP contribution in [-0.2, 0) is 11.3 Å². The number of H-pyrrole nitrogens is 1. The van der Waals surface area contributed by atoms with Gasteiger partial charge in [-0.2, -0.15) is 10.3 Å². The molecule has 0 aliphatic carbocycles. The van der Waals surface area contributed by atoms with Crippen molar-refractivity contribution in [2.45, 2.75) is 20.5 Å². The van der Waals surface area contributed by atoms with E-state index in [0.717, 1.165) is 11.1 Å². The van der Waals surface area contributed by atoms with E-state index in [1.165, 1.54) is 0 Å². The molecular weight excluding hydrogens is 382 g/mol. The Bertz CT molecular complexity index is 987. The van der Waals surface area contributed by atoms with Crippen molar-refractivity contribution in [3.63, 3.8) is 0 Å². The van der Waals surface area contributed by atoms with Crippen LogP contribution >= 0.6 is 11.6 Å². The maximum atomic E-state index is 12.1.